The first kappa shape index (κ1) is 14.7. The number of alkyl halides is 2. The average molecular weight is 285 g/mol. The van der Waals surface area contributed by atoms with Crippen molar-refractivity contribution in [3.8, 4) is 5.75 Å². The van der Waals surface area contributed by atoms with Gasteiger partial charge < -0.3 is 15.2 Å². The summed E-state index contributed by atoms with van der Waals surface area (Å²) in [6, 6.07) is 5.98. The Bertz CT molecular complexity index is 473. The van der Waals surface area contributed by atoms with E-state index < -0.39 is 18.1 Å². The molecule has 0 unspecified atom stereocenters. The van der Waals surface area contributed by atoms with Gasteiger partial charge in [0.25, 0.3) is 0 Å². The highest BCUT2D eigenvalue weighted by atomic mass is 19.3. The first-order valence-corrected chi connectivity index (χ1v) is 6.55. The number of hydrogen-bond donors (Lipinski definition) is 2. The van der Waals surface area contributed by atoms with Crippen molar-refractivity contribution in [3.05, 3.63) is 24.3 Å². The van der Waals surface area contributed by atoms with Crippen LogP contribution < -0.4 is 10.1 Å². The molecule has 0 spiro atoms. The van der Waals surface area contributed by atoms with Crippen molar-refractivity contribution in [2.75, 3.05) is 5.32 Å². The highest BCUT2D eigenvalue weighted by molar-refractivity contribution is 5.92. The lowest BCUT2D eigenvalue weighted by Gasteiger charge is -2.21. The number of aliphatic hydroxyl groups is 1. The van der Waals surface area contributed by atoms with Crippen molar-refractivity contribution >= 4 is 11.6 Å². The summed E-state index contributed by atoms with van der Waals surface area (Å²) in [6.45, 7) is -2.95. The second kappa shape index (κ2) is 6.17. The van der Waals surface area contributed by atoms with E-state index in [2.05, 4.69) is 10.1 Å². The molecule has 1 aliphatic rings. The van der Waals surface area contributed by atoms with E-state index in [0.29, 0.717) is 12.8 Å². The minimum Gasteiger partial charge on any atom is -0.433 e. The van der Waals surface area contributed by atoms with E-state index in [1.54, 1.807) is 6.07 Å². The van der Waals surface area contributed by atoms with Gasteiger partial charge in [-0.3, -0.25) is 4.79 Å². The molecule has 1 aromatic rings. The second-order valence-electron chi connectivity index (χ2n) is 5.03. The van der Waals surface area contributed by atoms with Crippen LogP contribution in [0.3, 0.4) is 0 Å². The quantitative estimate of drug-likeness (QED) is 0.874. The van der Waals surface area contributed by atoms with E-state index >= 15 is 0 Å². The number of anilines is 1. The van der Waals surface area contributed by atoms with Crippen LogP contribution in [-0.2, 0) is 4.79 Å². The SMILES string of the molecule is O=C(CC1(O)CCCC1)Nc1ccccc1OC(F)F. The topological polar surface area (TPSA) is 58.6 Å². The summed E-state index contributed by atoms with van der Waals surface area (Å²) in [6.07, 6.45) is 2.95. The largest absolute Gasteiger partial charge is 0.433 e. The Morgan fingerprint density at radius 1 is 1.35 bits per heavy atom. The average Bonchev–Trinajstić information content (AvgIpc) is 2.77. The normalized spacial score (nSPS) is 17.2. The van der Waals surface area contributed by atoms with Gasteiger partial charge in [-0.2, -0.15) is 8.78 Å². The molecule has 1 aromatic carbocycles. The minimum absolute atomic E-state index is 0.0317. The first-order valence-electron chi connectivity index (χ1n) is 6.55. The van der Waals surface area contributed by atoms with Crippen LogP contribution in [0.5, 0.6) is 5.75 Å². The third-order valence-electron chi connectivity index (χ3n) is 3.40. The van der Waals surface area contributed by atoms with Crippen LogP contribution in [0.2, 0.25) is 0 Å². The number of nitrogens with one attached hydrogen (secondary N) is 1. The molecule has 0 aliphatic heterocycles. The van der Waals surface area contributed by atoms with Gasteiger partial charge >= 0.3 is 6.61 Å². The Morgan fingerprint density at radius 3 is 2.65 bits per heavy atom. The minimum atomic E-state index is -2.95. The van der Waals surface area contributed by atoms with Gasteiger partial charge in [0.1, 0.15) is 5.75 Å². The molecular weight excluding hydrogens is 268 g/mol. The van der Waals surface area contributed by atoms with E-state index in [1.165, 1.54) is 18.2 Å². The lowest BCUT2D eigenvalue weighted by molar-refractivity contribution is -0.120. The number of hydrogen-bond acceptors (Lipinski definition) is 3. The third-order valence-corrected chi connectivity index (χ3v) is 3.40. The zero-order valence-corrected chi connectivity index (χ0v) is 10.9. The van der Waals surface area contributed by atoms with Gasteiger partial charge in [-0.05, 0) is 25.0 Å². The maximum atomic E-state index is 12.3. The molecule has 1 fully saturated rings. The number of halogens is 2. The lowest BCUT2D eigenvalue weighted by Crippen LogP contribution is -2.30. The summed E-state index contributed by atoms with van der Waals surface area (Å²) in [5, 5.41) is 12.7. The molecule has 6 heteroatoms. The monoisotopic (exact) mass is 285 g/mol. The van der Waals surface area contributed by atoms with Gasteiger partial charge in [-0.1, -0.05) is 25.0 Å². The number of carbonyl (C=O) groups excluding carboxylic acids is 1. The molecule has 0 saturated heterocycles. The molecule has 0 aromatic heterocycles. The lowest BCUT2D eigenvalue weighted by atomic mass is 9.97. The van der Waals surface area contributed by atoms with E-state index in [9.17, 15) is 18.7 Å². The highest BCUT2D eigenvalue weighted by Crippen LogP contribution is 2.33. The number of carbonyl (C=O) groups is 1. The Labute approximate surface area is 115 Å². The maximum Gasteiger partial charge on any atom is 0.387 e. The second-order valence-corrected chi connectivity index (χ2v) is 5.03. The van der Waals surface area contributed by atoms with E-state index in [0.717, 1.165) is 12.8 Å². The Kier molecular flexibility index (Phi) is 4.54. The molecule has 0 radical (unpaired) electrons. The van der Waals surface area contributed by atoms with Crippen molar-refractivity contribution in [3.63, 3.8) is 0 Å². The fraction of sp³-hybridized carbons (Fsp3) is 0.500. The number of para-hydroxylation sites is 2. The van der Waals surface area contributed by atoms with Crippen LogP contribution in [0, 0.1) is 0 Å². The molecule has 1 saturated carbocycles. The predicted molar refractivity (Wildman–Crippen MR) is 69.7 cm³/mol. The van der Waals surface area contributed by atoms with Crippen LogP contribution >= 0.6 is 0 Å². The Hall–Kier alpha value is -1.69. The summed E-state index contributed by atoms with van der Waals surface area (Å²) in [7, 11) is 0. The van der Waals surface area contributed by atoms with Crippen LogP contribution in [-0.4, -0.2) is 23.2 Å². The molecule has 20 heavy (non-hydrogen) atoms. The molecule has 0 bridgehead atoms. The van der Waals surface area contributed by atoms with E-state index in [4.69, 9.17) is 0 Å². The van der Waals surface area contributed by atoms with Crippen LogP contribution in [0.4, 0.5) is 14.5 Å². The summed E-state index contributed by atoms with van der Waals surface area (Å²) in [5.41, 5.74) is -0.790. The Morgan fingerprint density at radius 2 is 2.00 bits per heavy atom. The molecule has 2 N–H and O–H groups in total. The number of benzene rings is 1. The zero-order valence-electron chi connectivity index (χ0n) is 10.9. The van der Waals surface area contributed by atoms with Crippen molar-refractivity contribution in [1.29, 1.82) is 0 Å². The molecule has 0 heterocycles. The van der Waals surface area contributed by atoms with Gasteiger partial charge in [0.15, 0.2) is 0 Å². The smallest absolute Gasteiger partial charge is 0.387 e. The van der Waals surface area contributed by atoms with Crippen LogP contribution in [0.1, 0.15) is 32.1 Å². The number of rotatable bonds is 5. The van der Waals surface area contributed by atoms with E-state index in [1.807, 2.05) is 0 Å². The number of amides is 1. The van der Waals surface area contributed by atoms with Crippen molar-refractivity contribution < 1.29 is 23.4 Å². The van der Waals surface area contributed by atoms with Crippen molar-refractivity contribution in [2.24, 2.45) is 0 Å². The fourth-order valence-electron chi connectivity index (χ4n) is 2.47. The molecule has 2 rings (SSSR count). The summed E-state index contributed by atoms with van der Waals surface area (Å²) in [5.74, 6) is -0.492. The van der Waals surface area contributed by atoms with E-state index in [-0.39, 0.29) is 17.9 Å². The van der Waals surface area contributed by atoms with Gasteiger partial charge in [-0.15, -0.1) is 0 Å². The molecule has 1 aliphatic carbocycles. The van der Waals surface area contributed by atoms with Gasteiger partial charge in [0.2, 0.25) is 5.91 Å². The molecule has 1 amide bonds. The van der Waals surface area contributed by atoms with Crippen molar-refractivity contribution in [2.45, 2.75) is 44.3 Å². The summed E-state index contributed by atoms with van der Waals surface area (Å²) < 4.78 is 28.8. The standard InChI is InChI=1S/C14H17F2NO3/c15-13(16)20-11-6-2-1-5-10(11)17-12(18)9-14(19)7-3-4-8-14/h1-2,5-6,13,19H,3-4,7-9H2,(H,17,18). The van der Waals surface area contributed by atoms with Gasteiger partial charge in [0.05, 0.1) is 17.7 Å². The van der Waals surface area contributed by atoms with Gasteiger partial charge in [0, 0.05) is 0 Å². The zero-order chi connectivity index (χ0) is 14.6. The fourth-order valence-corrected chi connectivity index (χ4v) is 2.47. The molecular formula is C14H17F2NO3. The summed E-state index contributed by atoms with van der Waals surface area (Å²) >= 11 is 0. The maximum absolute atomic E-state index is 12.3. The highest BCUT2D eigenvalue weighted by Gasteiger charge is 2.33. The third kappa shape index (κ3) is 3.90. The van der Waals surface area contributed by atoms with Crippen molar-refractivity contribution in [1.82, 2.24) is 0 Å². The number of ether oxygens (including phenoxy) is 1. The Balaban J connectivity index is 2.00. The van der Waals surface area contributed by atoms with Gasteiger partial charge in [-0.25, -0.2) is 0 Å². The van der Waals surface area contributed by atoms with Crippen LogP contribution in [0.25, 0.3) is 0 Å². The predicted octanol–water partition coefficient (Wildman–Crippen LogP) is 2.92. The first-order chi connectivity index (χ1) is 9.48. The molecule has 0 atom stereocenters. The molecule has 4 nitrogen and oxygen atoms in total. The van der Waals surface area contributed by atoms with Crippen LogP contribution in [0.15, 0.2) is 24.3 Å². The molecule has 110 valence electrons. The summed E-state index contributed by atoms with van der Waals surface area (Å²) in [4.78, 5) is 11.9.